The topological polar surface area (TPSA) is 109 Å². The Hall–Kier alpha value is -1.96. The fourth-order valence-corrected chi connectivity index (χ4v) is 1.33. The number of carbonyl (C=O) groups is 2. The van der Waals surface area contributed by atoms with E-state index in [-0.39, 0.29) is 13.2 Å². The van der Waals surface area contributed by atoms with Crippen molar-refractivity contribution in [3.63, 3.8) is 0 Å². The van der Waals surface area contributed by atoms with E-state index in [1.54, 1.807) is 6.20 Å². The van der Waals surface area contributed by atoms with Crippen LogP contribution in [0.3, 0.4) is 0 Å². The molecule has 3 N–H and O–H groups in total. The molecule has 8 heteroatoms. The number of imide groups is 1. The molecule has 0 spiro atoms. The van der Waals surface area contributed by atoms with Crippen LogP contribution in [0.5, 0.6) is 0 Å². The number of nitrogens with one attached hydrogen (secondary N) is 2. The summed E-state index contributed by atoms with van der Waals surface area (Å²) in [6, 6.07) is -0.548. The van der Waals surface area contributed by atoms with Crippen LogP contribution in [0, 0.1) is 0 Å². The molecule has 3 amide bonds. The van der Waals surface area contributed by atoms with Crippen LogP contribution in [0.4, 0.5) is 4.79 Å². The number of aliphatic hydroxyl groups is 1. The highest BCUT2D eigenvalue weighted by molar-refractivity contribution is 5.94. The van der Waals surface area contributed by atoms with Crippen molar-refractivity contribution in [2.45, 2.75) is 39.3 Å². The molecule has 1 aromatic heterocycles. The number of rotatable bonds is 4. The number of amides is 3. The lowest BCUT2D eigenvalue weighted by atomic mass is 10.1. The number of nitrogens with zero attached hydrogens (tertiary/aromatic N) is 3. The first kappa shape index (κ1) is 15.1. The molecule has 1 rings (SSSR count). The van der Waals surface area contributed by atoms with E-state index in [9.17, 15) is 9.59 Å². The van der Waals surface area contributed by atoms with Crippen molar-refractivity contribution in [2.24, 2.45) is 0 Å². The molecule has 0 aliphatic carbocycles. The van der Waals surface area contributed by atoms with Gasteiger partial charge in [0.25, 0.3) is 0 Å². The van der Waals surface area contributed by atoms with Crippen molar-refractivity contribution >= 4 is 11.9 Å². The van der Waals surface area contributed by atoms with Gasteiger partial charge in [-0.1, -0.05) is 5.21 Å². The maximum atomic E-state index is 11.6. The van der Waals surface area contributed by atoms with Crippen LogP contribution in [-0.2, 0) is 17.8 Å². The fourth-order valence-electron chi connectivity index (χ4n) is 1.33. The van der Waals surface area contributed by atoms with Gasteiger partial charge in [-0.05, 0) is 20.8 Å². The molecule has 0 saturated carbocycles. The number of aromatic nitrogens is 3. The van der Waals surface area contributed by atoms with Gasteiger partial charge in [0.1, 0.15) is 6.54 Å². The molecule has 0 aliphatic heterocycles. The van der Waals surface area contributed by atoms with Gasteiger partial charge in [0.2, 0.25) is 5.91 Å². The number of urea groups is 1. The van der Waals surface area contributed by atoms with Gasteiger partial charge in [0, 0.05) is 24.8 Å². The normalized spacial score (nSPS) is 11.2. The molecule has 0 saturated heterocycles. The van der Waals surface area contributed by atoms with E-state index in [1.165, 1.54) is 4.68 Å². The highest BCUT2D eigenvalue weighted by Crippen LogP contribution is 1.97. The highest BCUT2D eigenvalue weighted by atomic mass is 16.3. The van der Waals surface area contributed by atoms with Gasteiger partial charge in [0.15, 0.2) is 0 Å². The zero-order chi connectivity index (χ0) is 14.5. The van der Waals surface area contributed by atoms with Gasteiger partial charge in [-0.25, -0.2) is 9.48 Å². The third-order valence-electron chi connectivity index (χ3n) is 2.00. The van der Waals surface area contributed by atoms with Crippen LogP contribution in [0.2, 0.25) is 0 Å². The molecule has 0 atom stereocenters. The zero-order valence-corrected chi connectivity index (χ0v) is 11.3. The molecule has 0 aliphatic rings. The second-order valence-corrected chi connectivity index (χ2v) is 5.13. The van der Waals surface area contributed by atoms with Gasteiger partial charge >= 0.3 is 6.03 Å². The summed E-state index contributed by atoms with van der Waals surface area (Å²) in [4.78, 5) is 23.0. The Morgan fingerprint density at radius 2 is 2.11 bits per heavy atom. The first-order valence-electron chi connectivity index (χ1n) is 5.92. The Morgan fingerprint density at radius 1 is 1.42 bits per heavy atom. The van der Waals surface area contributed by atoms with Crippen LogP contribution < -0.4 is 10.6 Å². The highest BCUT2D eigenvalue weighted by Gasteiger charge is 2.16. The molecule has 0 radical (unpaired) electrons. The largest absolute Gasteiger partial charge is 0.396 e. The van der Waals surface area contributed by atoms with Crippen molar-refractivity contribution in [1.29, 1.82) is 0 Å². The van der Waals surface area contributed by atoms with Crippen molar-refractivity contribution in [1.82, 2.24) is 25.6 Å². The Bertz CT molecular complexity index is 449. The van der Waals surface area contributed by atoms with E-state index < -0.39 is 17.5 Å². The predicted molar refractivity (Wildman–Crippen MR) is 67.2 cm³/mol. The third-order valence-corrected chi connectivity index (χ3v) is 2.00. The number of aliphatic hydroxyl groups excluding tert-OH is 1. The van der Waals surface area contributed by atoms with Crippen molar-refractivity contribution in [3.8, 4) is 0 Å². The molecule has 0 aromatic carbocycles. The fraction of sp³-hybridized carbons (Fsp3) is 0.636. The van der Waals surface area contributed by atoms with Gasteiger partial charge in [-0.15, -0.1) is 5.10 Å². The summed E-state index contributed by atoms with van der Waals surface area (Å²) < 4.78 is 1.31. The SMILES string of the molecule is CC(C)(C)NC(=O)NC(=O)Cn1cc(CCO)nn1. The van der Waals surface area contributed by atoms with E-state index in [0.717, 1.165) is 0 Å². The molecule has 0 fully saturated rings. The van der Waals surface area contributed by atoms with Crippen LogP contribution >= 0.6 is 0 Å². The smallest absolute Gasteiger partial charge is 0.321 e. The Labute approximate surface area is 111 Å². The van der Waals surface area contributed by atoms with E-state index in [0.29, 0.717) is 12.1 Å². The average molecular weight is 269 g/mol. The summed E-state index contributed by atoms with van der Waals surface area (Å²) in [5.74, 6) is -0.484. The van der Waals surface area contributed by atoms with Gasteiger partial charge in [0.05, 0.1) is 5.69 Å². The van der Waals surface area contributed by atoms with Crippen LogP contribution in [0.15, 0.2) is 6.20 Å². The average Bonchev–Trinajstić information content (AvgIpc) is 2.62. The first-order chi connectivity index (χ1) is 8.80. The van der Waals surface area contributed by atoms with Crippen molar-refractivity contribution in [3.05, 3.63) is 11.9 Å². The van der Waals surface area contributed by atoms with E-state index in [4.69, 9.17) is 5.11 Å². The van der Waals surface area contributed by atoms with Gasteiger partial charge in [-0.2, -0.15) is 0 Å². The molecule has 0 unspecified atom stereocenters. The Balaban J connectivity index is 2.44. The molecule has 19 heavy (non-hydrogen) atoms. The summed E-state index contributed by atoms with van der Waals surface area (Å²) in [5.41, 5.74) is 0.181. The standard InChI is InChI=1S/C11H19N5O3/c1-11(2,3)13-10(19)12-9(18)7-16-6-8(4-5-17)14-15-16/h6,17H,4-5,7H2,1-3H3,(H2,12,13,18,19). The maximum absolute atomic E-state index is 11.6. The van der Waals surface area contributed by atoms with Crippen LogP contribution in [0.25, 0.3) is 0 Å². The number of hydrogen-bond donors (Lipinski definition) is 3. The molecule has 8 nitrogen and oxygen atoms in total. The summed E-state index contributed by atoms with van der Waals surface area (Å²) in [5, 5.41) is 21.0. The quantitative estimate of drug-likeness (QED) is 0.678. The summed E-state index contributed by atoms with van der Waals surface area (Å²) in [6.45, 7) is 5.32. The summed E-state index contributed by atoms with van der Waals surface area (Å²) in [6.07, 6.45) is 1.93. The lowest BCUT2D eigenvalue weighted by molar-refractivity contribution is -0.120. The van der Waals surface area contributed by atoms with Crippen molar-refractivity contribution < 1.29 is 14.7 Å². The molecule has 106 valence electrons. The Kier molecular flexibility index (Phi) is 4.99. The number of carbonyl (C=O) groups excluding carboxylic acids is 2. The van der Waals surface area contributed by atoms with E-state index >= 15 is 0 Å². The maximum Gasteiger partial charge on any atom is 0.321 e. The summed E-state index contributed by atoms with van der Waals surface area (Å²) >= 11 is 0. The van der Waals surface area contributed by atoms with Gasteiger partial charge < -0.3 is 10.4 Å². The van der Waals surface area contributed by atoms with E-state index in [2.05, 4.69) is 20.9 Å². The molecular formula is C11H19N5O3. The molecule has 0 bridgehead atoms. The molecular weight excluding hydrogens is 250 g/mol. The minimum atomic E-state index is -0.548. The second kappa shape index (κ2) is 6.28. The van der Waals surface area contributed by atoms with Gasteiger partial charge in [-0.3, -0.25) is 10.1 Å². The minimum absolute atomic E-state index is 0.0289. The second-order valence-electron chi connectivity index (χ2n) is 5.13. The summed E-state index contributed by atoms with van der Waals surface area (Å²) in [7, 11) is 0. The number of hydrogen-bond acceptors (Lipinski definition) is 5. The van der Waals surface area contributed by atoms with E-state index in [1.807, 2.05) is 20.8 Å². The monoisotopic (exact) mass is 269 g/mol. The first-order valence-corrected chi connectivity index (χ1v) is 5.92. The molecule has 1 aromatic rings. The van der Waals surface area contributed by atoms with Crippen LogP contribution in [-0.4, -0.2) is 44.2 Å². The molecule has 1 heterocycles. The zero-order valence-electron chi connectivity index (χ0n) is 11.3. The lowest BCUT2D eigenvalue weighted by Crippen LogP contribution is -2.48. The minimum Gasteiger partial charge on any atom is -0.396 e. The van der Waals surface area contributed by atoms with Crippen molar-refractivity contribution in [2.75, 3.05) is 6.61 Å². The predicted octanol–water partition coefficient (Wildman–Crippen LogP) is -0.563. The Morgan fingerprint density at radius 3 is 2.68 bits per heavy atom. The lowest BCUT2D eigenvalue weighted by Gasteiger charge is -2.20. The van der Waals surface area contributed by atoms with Crippen LogP contribution in [0.1, 0.15) is 26.5 Å². The third kappa shape index (κ3) is 5.96.